The van der Waals surface area contributed by atoms with Crippen molar-refractivity contribution in [1.29, 1.82) is 0 Å². The molecule has 0 spiro atoms. The fourth-order valence-corrected chi connectivity index (χ4v) is 1.25. The van der Waals surface area contributed by atoms with E-state index in [-0.39, 0.29) is 5.92 Å². The maximum absolute atomic E-state index is 5.53. The van der Waals surface area contributed by atoms with Crippen molar-refractivity contribution in [1.82, 2.24) is 5.32 Å². The number of nitrogens with two attached hydrogens (primary N) is 1. The van der Waals surface area contributed by atoms with Gasteiger partial charge in [0.25, 0.3) is 0 Å². The van der Waals surface area contributed by atoms with Crippen LogP contribution in [0.15, 0.2) is 0 Å². The predicted octanol–water partition coefficient (Wildman–Crippen LogP) is -1.93. The second-order valence-corrected chi connectivity index (χ2v) is 3.84. The standard InChI is InChI=1S/C11H27N3O3/c1-14-4-7-17-10-11(8-15-5-2-12)9-16-6-3-13/h11,14H,2-10,12-13H2,1H3/p+1. The summed E-state index contributed by atoms with van der Waals surface area (Å²) in [6, 6.07) is 0. The number of quaternary nitrogens is 1. The highest BCUT2D eigenvalue weighted by Crippen LogP contribution is 2.00. The smallest absolute Gasteiger partial charge is 0.0977 e. The number of rotatable bonds is 13. The molecule has 1 unspecified atom stereocenters. The van der Waals surface area contributed by atoms with Crippen LogP contribution in [0.4, 0.5) is 0 Å². The summed E-state index contributed by atoms with van der Waals surface area (Å²) >= 11 is 0. The number of hydrogen-bond donors (Lipinski definition) is 3. The molecular weight excluding hydrogens is 222 g/mol. The molecule has 0 aliphatic carbocycles. The second-order valence-electron chi connectivity index (χ2n) is 3.84. The highest BCUT2D eigenvalue weighted by Gasteiger charge is 2.09. The molecule has 0 amide bonds. The lowest BCUT2D eigenvalue weighted by Crippen LogP contribution is -2.52. The Kier molecular flexibility index (Phi) is 13.6. The first kappa shape index (κ1) is 16.8. The predicted molar refractivity (Wildman–Crippen MR) is 66.7 cm³/mol. The van der Waals surface area contributed by atoms with Gasteiger partial charge >= 0.3 is 0 Å². The lowest BCUT2D eigenvalue weighted by atomic mass is 10.2. The summed E-state index contributed by atoms with van der Waals surface area (Å²) in [6.07, 6.45) is 0. The van der Waals surface area contributed by atoms with Crippen molar-refractivity contribution in [3.05, 3.63) is 0 Å². The minimum absolute atomic E-state index is 0.268. The third kappa shape index (κ3) is 12.0. The van der Waals surface area contributed by atoms with Gasteiger partial charge in [-0.2, -0.15) is 0 Å². The highest BCUT2D eigenvalue weighted by atomic mass is 16.5. The monoisotopic (exact) mass is 250 g/mol. The molecule has 17 heavy (non-hydrogen) atoms. The van der Waals surface area contributed by atoms with Crippen molar-refractivity contribution < 1.29 is 19.9 Å². The van der Waals surface area contributed by atoms with Crippen LogP contribution in [-0.2, 0) is 14.2 Å². The Morgan fingerprint density at radius 2 is 1.65 bits per heavy atom. The summed E-state index contributed by atoms with van der Waals surface area (Å²) in [6.45, 7) is 6.11. The Morgan fingerprint density at radius 1 is 1.06 bits per heavy atom. The Balaban J connectivity index is 3.60. The van der Waals surface area contributed by atoms with E-state index in [0.717, 1.165) is 13.1 Å². The zero-order valence-electron chi connectivity index (χ0n) is 11.0. The molecule has 0 radical (unpaired) electrons. The van der Waals surface area contributed by atoms with Gasteiger partial charge in [0.2, 0.25) is 0 Å². The van der Waals surface area contributed by atoms with Gasteiger partial charge in [-0.15, -0.1) is 0 Å². The molecule has 0 aromatic heterocycles. The molecule has 0 aromatic rings. The molecule has 6 N–H and O–H groups in total. The van der Waals surface area contributed by atoms with E-state index < -0.39 is 0 Å². The lowest BCUT2D eigenvalue weighted by molar-refractivity contribution is -0.374. The van der Waals surface area contributed by atoms with E-state index in [2.05, 4.69) is 11.1 Å². The van der Waals surface area contributed by atoms with Crippen LogP contribution in [0.2, 0.25) is 0 Å². The molecule has 0 saturated heterocycles. The first-order valence-electron chi connectivity index (χ1n) is 6.22. The average molecular weight is 250 g/mol. The molecule has 6 heteroatoms. The summed E-state index contributed by atoms with van der Waals surface area (Å²) in [5.41, 5.74) is 9.10. The Labute approximate surface area is 104 Å². The minimum atomic E-state index is 0.268. The van der Waals surface area contributed by atoms with Crippen molar-refractivity contribution in [2.45, 2.75) is 0 Å². The van der Waals surface area contributed by atoms with Crippen LogP contribution >= 0.6 is 0 Å². The first-order valence-corrected chi connectivity index (χ1v) is 6.22. The van der Waals surface area contributed by atoms with E-state index in [4.69, 9.17) is 19.9 Å². The number of ether oxygens (including phenoxy) is 3. The van der Waals surface area contributed by atoms with Gasteiger partial charge in [-0.1, -0.05) is 0 Å². The van der Waals surface area contributed by atoms with E-state index in [1.165, 1.54) is 0 Å². The SMILES string of the molecule is CNCCOCC(COCCN)COCC[NH3+]. The van der Waals surface area contributed by atoms with Crippen molar-refractivity contribution in [2.24, 2.45) is 11.7 Å². The normalized spacial score (nSPS) is 12.9. The summed E-state index contributed by atoms with van der Waals surface area (Å²) in [5, 5.41) is 3.03. The van der Waals surface area contributed by atoms with Gasteiger partial charge in [0.1, 0.15) is 0 Å². The van der Waals surface area contributed by atoms with Crippen molar-refractivity contribution in [3.63, 3.8) is 0 Å². The van der Waals surface area contributed by atoms with E-state index in [9.17, 15) is 0 Å². The van der Waals surface area contributed by atoms with Crippen molar-refractivity contribution in [3.8, 4) is 0 Å². The van der Waals surface area contributed by atoms with Gasteiger partial charge in [0.05, 0.1) is 46.2 Å². The highest BCUT2D eigenvalue weighted by molar-refractivity contribution is 4.56. The average Bonchev–Trinajstić information content (AvgIpc) is 2.34. The van der Waals surface area contributed by atoms with E-state index in [1.807, 2.05) is 7.05 Å². The molecule has 104 valence electrons. The Morgan fingerprint density at radius 3 is 2.18 bits per heavy atom. The van der Waals surface area contributed by atoms with Crippen LogP contribution in [-0.4, -0.2) is 66.3 Å². The quantitative estimate of drug-likeness (QED) is 0.331. The molecule has 0 heterocycles. The molecule has 0 saturated carbocycles. The van der Waals surface area contributed by atoms with Gasteiger partial charge in [0.15, 0.2) is 0 Å². The van der Waals surface area contributed by atoms with Crippen LogP contribution in [0.5, 0.6) is 0 Å². The number of hydrogen-bond acceptors (Lipinski definition) is 5. The van der Waals surface area contributed by atoms with Gasteiger partial charge in [0, 0.05) is 19.0 Å². The van der Waals surface area contributed by atoms with Crippen LogP contribution in [0.3, 0.4) is 0 Å². The van der Waals surface area contributed by atoms with E-state index in [1.54, 1.807) is 0 Å². The second kappa shape index (κ2) is 13.8. The van der Waals surface area contributed by atoms with E-state index in [0.29, 0.717) is 46.2 Å². The molecule has 1 atom stereocenters. The molecule has 0 fully saturated rings. The molecule has 0 aliphatic rings. The molecule has 6 nitrogen and oxygen atoms in total. The summed E-state index contributed by atoms with van der Waals surface area (Å²) < 4.78 is 16.4. The van der Waals surface area contributed by atoms with Gasteiger partial charge in [-0.05, 0) is 7.05 Å². The van der Waals surface area contributed by atoms with Crippen LogP contribution in [0.1, 0.15) is 0 Å². The molecule has 0 aromatic carbocycles. The minimum Gasteiger partial charge on any atom is -0.380 e. The molecule has 0 bridgehead atoms. The van der Waals surface area contributed by atoms with Gasteiger partial charge < -0.3 is 31.0 Å². The summed E-state index contributed by atoms with van der Waals surface area (Å²) in [7, 11) is 1.91. The topological polar surface area (TPSA) is 93.4 Å². The van der Waals surface area contributed by atoms with E-state index >= 15 is 0 Å². The Bertz CT molecular complexity index is 140. The summed E-state index contributed by atoms with van der Waals surface area (Å²) in [5.74, 6) is 0.268. The third-order valence-corrected chi connectivity index (χ3v) is 2.11. The van der Waals surface area contributed by atoms with Gasteiger partial charge in [-0.25, -0.2) is 0 Å². The largest absolute Gasteiger partial charge is 0.380 e. The zero-order valence-corrected chi connectivity index (χ0v) is 11.0. The lowest BCUT2D eigenvalue weighted by Gasteiger charge is -2.17. The first-order chi connectivity index (χ1) is 8.35. The van der Waals surface area contributed by atoms with Crippen molar-refractivity contribution >= 4 is 0 Å². The van der Waals surface area contributed by atoms with Crippen LogP contribution < -0.4 is 16.8 Å². The molecule has 0 rings (SSSR count). The van der Waals surface area contributed by atoms with Gasteiger partial charge in [-0.3, -0.25) is 0 Å². The maximum Gasteiger partial charge on any atom is 0.0977 e. The number of nitrogens with one attached hydrogen (secondary N) is 1. The fourth-order valence-electron chi connectivity index (χ4n) is 1.25. The third-order valence-electron chi connectivity index (χ3n) is 2.11. The van der Waals surface area contributed by atoms with Crippen molar-refractivity contribution in [2.75, 3.05) is 66.3 Å². The Hall–Kier alpha value is -0.240. The summed E-state index contributed by atoms with van der Waals surface area (Å²) in [4.78, 5) is 0. The zero-order chi connectivity index (χ0) is 12.8. The fraction of sp³-hybridized carbons (Fsp3) is 1.00. The van der Waals surface area contributed by atoms with Crippen LogP contribution in [0, 0.1) is 5.92 Å². The molecular formula is C11H28N3O3+. The maximum atomic E-state index is 5.53. The van der Waals surface area contributed by atoms with Crippen LogP contribution in [0.25, 0.3) is 0 Å². The molecule has 0 aliphatic heterocycles. The number of likely N-dealkylation sites (N-methyl/N-ethyl adjacent to an activating group) is 1.